The van der Waals surface area contributed by atoms with Gasteiger partial charge in [0.2, 0.25) is 0 Å². The van der Waals surface area contributed by atoms with Gasteiger partial charge < -0.3 is 9.84 Å². The molecule has 1 N–H and O–H groups in total. The van der Waals surface area contributed by atoms with Crippen molar-refractivity contribution >= 4 is 0 Å². The van der Waals surface area contributed by atoms with Crippen molar-refractivity contribution in [3.8, 4) is 0 Å². The summed E-state index contributed by atoms with van der Waals surface area (Å²) in [5, 5.41) is 10.3. The van der Waals surface area contributed by atoms with Crippen LogP contribution in [0.3, 0.4) is 0 Å². The molecule has 1 saturated carbocycles. The number of hydrogen-bond donors (Lipinski definition) is 1. The summed E-state index contributed by atoms with van der Waals surface area (Å²) >= 11 is 0. The van der Waals surface area contributed by atoms with Crippen LogP contribution in [-0.2, 0) is 4.74 Å². The SMILES string of the molecule is CCN(CCOC)C1CC(C(C)(C)C)CCC1O. The number of hydrogen-bond acceptors (Lipinski definition) is 3. The lowest BCUT2D eigenvalue weighted by Gasteiger charge is -2.44. The molecule has 0 saturated heterocycles. The molecule has 0 radical (unpaired) electrons. The quantitative estimate of drug-likeness (QED) is 0.821. The summed E-state index contributed by atoms with van der Waals surface area (Å²) in [5.74, 6) is 0.711. The van der Waals surface area contributed by atoms with E-state index in [1.165, 1.54) is 0 Å². The van der Waals surface area contributed by atoms with Gasteiger partial charge in [0.05, 0.1) is 12.7 Å². The smallest absolute Gasteiger partial charge is 0.0695 e. The number of ether oxygens (including phenoxy) is 1. The molecule has 0 spiro atoms. The molecule has 3 atom stereocenters. The minimum Gasteiger partial charge on any atom is -0.391 e. The van der Waals surface area contributed by atoms with Crippen molar-refractivity contribution in [3.05, 3.63) is 0 Å². The van der Waals surface area contributed by atoms with Crippen LogP contribution in [0, 0.1) is 11.3 Å². The minimum atomic E-state index is -0.166. The zero-order chi connectivity index (χ0) is 13.8. The second-order valence-corrected chi connectivity index (χ2v) is 6.63. The van der Waals surface area contributed by atoms with Crippen LogP contribution in [0.1, 0.15) is 47.0 Å². The lowest BCUT2D eigenvalue weighted by Crippen LogP contribution is -2.50. The molecule has 1 fully saturated rings. The van der Waals surface area contributed by atoms with Gasteiger partial charge in [-0.3, -0.25) is 4.90 Å². The summed E-state index contributed by atoms with van der Waals surface area (Å²) in [4.78, 5) is 2.38. The fourth-order valence-corrected chi connectivity index (χ4v) is 3.08. The highest BCUT2D eigenvalue weighted by atomic mass is 16.5. The topological polar surface area (TPSA) is 32.7 Å². The van der Waals surface area contributed by atoms with Gasteiger partial charge in [-0.05, 0) is 37.1 Å². The number of aliphatic hydroxyl groups is 1. The number of nitrogens with zero attached hydrogens (tertiary/aromatic N) is 1. The molecule has 3 heteroatoms. The summed E-state index contributed by atoms with van der Waals surface area (Å²) in [6.07, 6.45) is 3.04. The molecule has 1 aliphatic carbocycles. The van der Waals surface area contributed by atoms with E-state index >= 15 is 0 Å². The molecule has 0 aliphatic heterocycles. The van der Waals surface area contributed by atoms with Gasteiger partial charge >= 0.3 is 0 Å². The van der Waals surface area contributed by atoms with Crippen LogP contribution in [0.15, 0.2) is 0 Å². The first-order chi connectivity index (χ1) is 8.40. The first-order valence-corrected chi connectivity index (χ1v) is 7.31. The Hall–Kier alpha value is -0.120. The third-order valence-electron chi connectivity index (χ3n) is 4.46. The van der Waals surface area contributed by atoms with Crippen molar-refractivity contribution in [1.29, 1.82) is 0 Å². The van der Waals surface area contributed by atoms with Gasteiger partial charge in [-0.15, -0.1) is 0 Å². The molecule has 0 amide bonds. The van der Waals surface area contributed by atoms with Gasteiger partial charge in [0.25, 0.3) is 0 Å². The van der Waals surface area contributed by atoms with E-state index in [4.69, 9.17) is 4.74 Å². The van der Waals surface area contributed by atoms with E-state index in [1.54, 1.807) is 7.11 Å². The number of likely N-dealkylation sites (N-methyl/N-ethyl adjacent to an activating group) is 1. The van der Waals surface area contributed by atoms with Crippen LogP contribution < -0.4 is 0 Å². The molecule has 0 bridgehead atoms. The predicted octanol–water partition coefficient (Wildman–Crippen LogP) is 2.53. The number of methoxy groups -OCH3 is 1. The fourth-order valence-electron chi connectivity index (χ4n) is 3.08. The monoisotopic (exact) mass is 257 g/mol. The van der Waals surface area contributed by atoms with Crippen LogP contribution in [0.4, 0.5) is 0 Å². The first kappa shape index (κ1) is 15.9. The highest BCUT2D eigenvalue weighted by Gasteiger charge is 2.37. The third kappa shape index (κ3) is 4.22. The van der Waals surface area contributed by atoms with Gasteiger partial charge in [-0.25, -0.2) is 0 Å². The highest BCUT2D eigenvalue weighted by molar-refractivity contribution is 4.90. The Balaban J connectivity index is 2.65. The van der Waals surface area contributed by atoms with E-state index < -0.39 is 0 Å². The second kappa shape index (κ2) is 6.88. The van der Waals surface area contributed by atoms with E-state index in [1.807, 2.05) is 0 Å². The first-order valence-electron chi connectivity index (χ1n) is 7.31. The van der Waals surface area contributed by atoms with Crippen molar-refractivity contribution < 1.29 is 9.84 Å². The Morgan fingerprint density at radius 1 is 1.28 bits per heavy atom. The van der Waals surface area contributed by atoms with Crippen LogP contribution in [0.2, 0.25) is 0 Å². The lowest BCUT2D eigenvalue weighted by molar-refractivity contribution is -0.0219. The molecule has 0 heterocycles. The molecule has 3 nitrogen and oxygen atoms in total. The van der Waals surface area contributed by atoms with Crippen LogP contribution in [-0.4, -0.2) is 49.0 Å². The van der Waals surface area contributed by atoms with Crippen LogP contribution in [0.5, 0.6) is 0 Å². The minimum absolute atomic E-state index is 0.166. The normalized spacial score (nSPS) is 29.8. The van der Waals surface area contributed by atoms with E-state index in [0.717, 1.165) is 39.0 Å². The molecule has 108 valence electrons. The van der Waals surface area contributed by atoms with Gasteiger partial charge in [-0.1, -0.05) is 27.7 Å². The molecular weight excluding hydrogens is 226 g/mol. The van der Waals surface area contributed by atoms with Crippen molar-refractivity contribution in [2.24, 2.45) is 11.3 Å². The molecule has 1 aliphatic rings. The second-order valence-electron chi connectivity index (χ2n) is 6.63. The van der Waals surface area contributed by atoms with Crippen molar-refractivity contribution in [3.63, 3.8) is 0 Å². The molecule has 1 rings (SSSR count). The van der Waals surface area contributed by atoms with E-state index in [9.17, 15) is 5.11 Å². The van der Waals surface area contributed by atoms with Crippen molar-refractivity contribution in [2.75, 3.05) is 26.8 Å². The highest BCUT2D eigenvalue weighted by Crippen LogP contribution is 2.39. The zero-order valence-corrected chi connectivity index (χ0v) is 12.8. The van der Waals surface area contributed by atoms with Gasteiger partial charge in [0.1, 0.15) is 0 Å². The largest absolute Gasteiger partial charge is 0.391 e. The summed E-state index contributed by atoms with van der Waals surface area (Å²) < 4.78 is 5.17. The third-order valence-corrected chi connectivity index (χ3v) is 4.46. The Kier molecular flexibility index (Phi) is 6.09. The maximum absolute atomic E-state index is 10.3. The fraction of sp³-hybridized carbons (Fsp3) is 1.00. The summed E-state index contributed by atoms with van der Waals surface area (Å²) in [6, 6.07) is 0.308. The lowest BCUT2D eigenvalue weighted by atomic mass is 9.70. The Morgan fingerprint density at radius 2 is 1.94 bits per heavy atom. The van der Waals surface area contributed by atoms with E-state index in [0.29, 0.717) is 17.4 Å². The maximum atomic E-state index is 10.3. The number of rotatable bonds is 5. The molecule has 3 unspecified atom stereocenters. The summed E-state index contributed by atoms with van der Waals surface area (Å²) in [5.41, 5.74) is 0.346. The molecule has 0 aromatic carbocycles. The van der Waals surface area contributed by atoms with Gasteiger partial charge in [0.15, 0.2) is 0 Å². The zero-order valence-electron chi connectivity index (χ0n) is 12.8. The standard InChI is InChI=1S/C15H31NO2/c1-6-16(9-10-18-5)13-11-12(15(2,3)4)7-8-14(13)17/h12-14,17H,6-11H2,1-5H3. The predicted molar refractivity (Wildman–Crippen MR) is 75.7 cm³/mol. The Bertz CT molecular complexity index is 237. The molecular formula is C15H31NO2. The van der Waals surface area contributed by atoms with E-state index in [2.05, 4.69) is 32.6 Å². The molecule has 18 heavy (non-hydrogen) atoms. The van der Waals surface area contributed by atoms with Gasteiger partial charge in [-0.2, -0.15) is 0 Å². The average Bonchev–Trinajstić information content (AvgIpc) is 2.30. The van der Waals surface area contributed by atoms with Gasteiger partial charge in [0, 0.05) is 19.7 Å². The molecule has 0 aromatic rings. The summed E-state index contributed by atoms with van der Waals surface area (Å²) in [7, 11) is 1.74. The Labute approximate surface area is 113 Å². The van der Waals surface area contributed by atoms with Crippen molar-refractivity contribution in [1.82, 2.24) is 4.90 Å². The van der Waals surface area contributed by atoms with Crippen LogP contribution in [0.25, 0.3) is 0 Å². The Morgan fingerprint density at radius 3 is 2.44 bits per heavy atom. The maximum Gasteiger partial charge on any atom is 0.0695 e. The number of aliphatic hydroxyl groups excluding tert-OH is 1. The van der Waals surface area contributed by atoms with Crippen molar-refractivity contribution in [2.45, 2.75) is 59.1 Å². The summed E-state index contributed by atoms with van der Waals surface area (Å²) in [6.45, 7) is 11.8. The molecule has 0 aromatic heterocycles. The average molecular weight is 257 g/mol. The van der Waals surface area contributed by atoms with Crippen LogP contribution >= 0.6 is 0 Å². The van der Waals surface area contributed by atoms with E-state index in [-0.39, 0.29) is 6.10 Å².